The number of likely N-dealkylation sites (N-methyl/N-ethyl adjacent to an activating group) is 1. The maximum absolute atomic E-state index is 11.2. The molecule has 5 heteroatoms. The molecular weight excluding hydrogens is 292 g/mol. The van der Waals surface area contributed by atoms with E-state index in [1.54, 1.807) is 18.2 Å². The predicted octanol–water partition coefficient (Wildman–Crippen LogP) is 3.46. The van der Waals surface area contributed by atoms with Gasteiger partial charge in [0.2, 0.25) is 0 Å². The van der Waals surface area contributed by atoms with Gasteiger partial charge in [-0.15, -0.1) is 0 Å². The molecule has 1 saturated heterocycles. The van der Waals surface area contributed by atoms with Crippen LogP contribution in [0.2, 0.25) is 0 Å². The van der Waals surface area contributed by atoms with Gasteiger partial charge in [0.05, 0.1) is 4.92 Å². The van der Waals surface area contributed by atoms with E-state index in [2.05, 4.69) is 24.1 Å². The van der Waals surface area contributed by atoms with Gasteiger partial charge in [-0.25, -0.2) is 0 Å². The maximum Gasteiger partial charge on any atom is 0.310 e. The summed E-state index contributed by atoms with van der Waals surface area (Å²) >= 11 is 0. The number of benzene rings is 2. The molecule has 1 aliphatic heterocycles. The average Bonchev–Trinajstić information content (AvgIpc) is 2.57. The summed E-state index contributed by atoms with van der Waals surface area (Å²) in [6, 6.07) is 16.8. The van der Waals surface area contributed by atoms with E-state index in [9.17, 15) is 10.1 Å². The summed E-state index contributed by atoms with van der Waals surface area (Å²) in [6.07, 6.45) is 0.789. The Kier molecular flexibility index (Phi) is 4.57. The van der Waals surface area contributed by atoms with Gasteiger partial charge in [-0.3, -0.25) is 10.1 Å². The number of para-hydroxylation sites is 2. The van der Waals surface area contributed by atoms with E-state index in [0.29, 0.717) is 5.75 Å². The van der Waals surface area contributed by atoms with E-state index in [0.717, 1.165) is 19.5 Å². The molecule has 0 radical (unpaired) electrons. The third kappa shape index (κ3) is 3.51. The zero-order valence-electron chi connectivity index (χ0n) is 13.1. The van der Waals surface area contributed by atoms with Gasteiger partial charge in [0, 0.05) is 25.1 Å². The minimum atomic E-state index is -0.387. The van der Waals surface area contributed by atoms with E-state index in [1.807, 2.05) is 18.2 Å². The number of ether oxygens (including phenoxy) is 1. The van der Waals surface area contributed by atoms with Crippen LogP contribution in [0.5, 0.6) is 5.75 Å². The molecule has 5 nitrogen and oxygen atoms in total. The molecule has 1 fully saturated rings. The van der Waals surface area contributed by atoms with E-state index in [1.165, 1.54) is 11.6 Å². The normalized spacial score (nSPS) is 21.8. The second-order valence-corrected chi connectivity index (χ2v) is 5.95. The van der Waals surface area contributed by atoms with Crippen LogP contribution in [0.1, 0.15) is 17.9 Å². The highest BCUT2D eigenvalue weighted by Gasteiger charge is 2.32. The number of rotatable bonds is 4. The van der Waals surface area contributed by atoms with Crippen molar-refractivity contribution in [3.63, 3.8) is 0 Å². The Balaban J connectivity index is 1.87. The third-order valence-corrected chi connectivity index (χ3v) is 4.32. The number of nitrogens with zero attached hydrogens (tertiary/aromatic N) is 2. The number of likely N-dealkylation sites (tertiary alicyclic amines) is 1. The SMILES string of the molecule is CN1CC[C@@H](Oc2ccccc2[N+](=O)[O-])[C@H](c2ccccc2)C1. The second-order valence-electron chi connectivity index (χ2n) is 5.95. The molecule has 0 bridgehead atoms. The predicted molar refractivity (Wildman–Crippen MR) is 88.8 cm³/mol. The van der Waals surface area contributed by atoms with Gasteiger partial charge in [-0.05, 0) is 25.1 Å². The molecular formula is C18H20N2O3. The molecule has 0 saturated carbocycles. The summed E-state index contributed by atoms with van der Waals surface area (Å²) in [5, 5.41) is 11.2. The Bertz CT molecular complexity index is 675. The molecule has 3 rings (SSSR count). The van der Waals surface area contributed by atoms with Crippen LogP contribution >= 0.6 is 0 Å². The fourth-order valence-electron chi connectivity index (χ4n) is 3.13. The fourth-order valence-corrected chi connectivity index (χ4v) is 3.13. The number of piperidine rings is 1. The third-order valence-electron chi connectivity index (χ3n) is 4.32. The van der Waals surface area contributed by atoms with Gasteiger partial charge < -0.3 is 9.64 Å². The molecule has 1 heterocycles. The van der Waals surface area contributed by atoms with Crippen LogP contribution in [0.3, 0.4) is 0 Å². The molecule has 23 heavy (non-hydrogen) atoms. The van der Waals surface area contributed by atoms with Gasteiger partial charge >= 0.3 is 5.69 Å². The highest BCUT2D eigenvalue weighted by atomic mass is 16.6. The quantitative estimate of drug-likeness (QED) is 0.641. The average molecular weight is 312 g/mol. The van der Waals surface area contributed by atoms with Crippen LogP contribution in [-0.4, -0.2) is 36.1 Å². The molecule has 0 aromatic heterocycles. The van der Waals surface area contributed by atoms with E-state index in [4.69, 9.17) is 4.74 Å². The van der Waals surface area contributed by atoms with Gasteiger partial charge in [-0.2, -0.15) is 0 Å². The van der Waals surface area contributed by atoms with Crippen LogP contribution in [0.25, 0.3) is 0 Å². The number of hydrogen-bond donors (Lipinski definition) is 0. The van der Waals surface area contributed by atoms with E-state index >= 15 is 0 Å². The van der Waals surface area contributed by atoms with Gasteiger partial charge in [0.15, 0.2) is 5.75 Å². The standard InChI is InChI=1S/C18H20N2O3/c1-19-12-11-17(15(13-19)14-7-3-2-4-8-14)23-18-10-6-5-9-16(18)20(21)22/h2-10,15,17H,11-13H2,1H3/t15-,17+/m0/s1. The van der Waals surface area contributed by atoms with Crippen LogP contribution in [0.4, 0.5) is 5.69 Å². The maximum atomic E-state index is 11.2. The lowest BCUT2D eigenvalue weighted by atomic mass is 9.88. The summed E-state index contributed by atoms with van der Waals surface area (Å²) in [6.45, 7) is 1.81. The van der Waals surface area contributed by atoms with Crippen LogP contribution < -0.4 is 4.74 Å². The first-order chi connectivity index (χ1) is 11.1. The lowest BCUT2D eigenvalue weighted by Gasteiger charge is -2.37. The zero-order chi connectivity index (χ0) is 16.2. The van der Waals surface area contributed by atoms with Crippen molar-refractivity contribution in [3.8, 4) is 5.75 Å². The molecule has 1 aliphatic rings. The minimum Gasteiger partial charge on any atom is -0.483 e. The topological polar surface area (TPSA) is 55.6 Å². The molecule has 0 unspecified atom stereocenters. The zero-order valence-corrected chi connectivity index (χ0v) is 13.1. The van der Waals surface area contributed by atoms with Crippen LogP contribution in [0.15, 0.2) is 54.6 Å². The monoisotopic (exact) mass is 312 g/mol. The molecule has 2 atom stereocenters. The molecule has 0 aliphatic carbocycles. The second kappa shape index (κ2) is 6.79. The fraction of sp³-hybridized carbons (Fsp3) is 0.333. The van der Waals surface area contributed by atoms with Crippen molar-refractivity contribution < 1.29 is 9.66 Å². The van der Waals surface area contributed by atoms with Gasteiger partial charge in [-0.1, -0.05) is 42.5 Å². The molecule has 0 N–H and O–H groups in total. The van der Waals surface area contributed by atoms with Gasteiger partial charge in [0.1, 0.15) is 6.10 Å². The van der Waals surface area contributed by atoms with Crippen molar-refractivity contribution in [1.82, 2.24) is 4.90 Å². The summed E-state index contributed by atoms with van der Waals surface area (Å²) in [7, 11) is 2.09. The molecule has 2 aromatic rings. The first-order valence-corrected chi connectivity index (χ1v) is 7.78. The summed E-state index contributed by atoms with van der Waals surface area (Å²) < 4.78 is 6.09. The Hall–Kier alpha value is -2.40. The summed E-state index contributed by atoms with van der Waals surface area (Å²) in [5.74, 6) is 0.558. The highest BCUT2D eigenvalue weighted by Crippen LogP contribution is 2.34. The number of nitro benzene ring substituents is 1. The Labute approximate surface area is 135 Å². The molecule has 2 aromatic carbocycles. The molecule has 0 spiro atoms. The van der Waals surface area contributed by atoms with Crippen LogP contribution in [-0.2, 0) is 0 Å². The molecule has 120 valence electrons. The smallest absolute Gasteiger partial charge is 0.310 e. The van der Waals surface area contributed by atoms with E-state index in [-0.39, 0.29) is 22.6 Å². The first-order valence-electron chi connectivity index (χ1n) is 7.78. The Morgan fingerprint density at radius 2 is 1.83 bits per heavy atom. The minimum absolute atomic E-state index is 0.0261. The first kappa shape index (κ1) is 15.5. The summed E-state index contributed by atoms with van der Waals surface area (Å²) in [5.41, 5.74) is 1.24. The van der Waals surface area contributed by atoms with Crippen molar-refractivity contribution in [2.45, 2.75) is 18.4 Å². The Morgan fingerprint density at radius 3 is 2.57 bits per heavy atom. The number of nitro groups is 1. The van der Waals surface area contributed by atoms with E-state index < -0.39 is 0 Å². The van der Waals surface area contributed by atoms with Gasteiger partial charge in [0.25, 0.3) is 0 Å². The lowest BCUT2D eigenvalue weighted by Crippen LogP contribution is -2.42. The summed E-state index contributed by atoms with van der Waals surface area (Å²) in [4.78, 5) is 13.1. The largest absolute Gasteiger partial charge is 0.483 e. The van der Waals surface area contributed by atoms with Crippen molar-refractivity contribution >= 4 is 5.69 Å². The van der Waals surface area contributed by atoms with Crippen molar-refractivity contribution in [3.05, 3.63) is 70.3 Å². The number of hydrogen-bond acceptors (Lipinski definition) is 4. The Morgan fingerprint density at radius 1 is 1.13 bits per heavy atom. The van der Waals surface area contributed by atoms with Crippen LogP contribution in [0, 0.1) is 10.1 Å². The lowest BCUT2D eigenvalue weighted by molar-refractivity contribution is -0.386. The van der Waals surface area contributed by atoms with Crippen molar-refractivity contribution in [2.24, 2.45) is 0 Å². The molecule has 0 amide bonds. The highest BCUT2D eigenvalue weighted by molar-refractivity contribution is 5.46. The van der Waals surface area contributed by atoms with Crippen molar-refractivity contribution in [1.29, 1.82) is 0 Å². The van der Waals surface area contributed by atoms with Crippen molar-refractivity contribution in [2.75, 3.05) is 20.1 Å².